The van der Waals surface area contributed by atoms with Crippen LogP contribution >= 0.6 is 0 Å². The van der Waals surface area contributed by atoms with Gasteiger partial charge in [-0.25, -0.2) is 0 Å². The topological polar surface area (TPSA) is 62.9 Å². The summed E-state index contributed by atoms with van der Waals surface area (Å²) in [6.45, 7) is 1.97. The van der Waals surface area contributed by atoms with Crippen LogP contribution in [-0.4, -0.2) is 29.1 Å². The molecular formula is C16H17NO4. The van der Waals surface area contributed by atoms with Crippen LogP contribution in [0.15, 0.2) is 46.9 Å². The Bertz CT molecular complexity index is 608. The van der Waals surface area contributed by atoms with Gasteiger partial charge in [-0.15, -0.1) is 0 Å². The number of para-hydroxylation sites is 1. The molecular weight excluding hydrogens is 270 g/mol. The summed E-state index contributed by atoms with van der Waals surface area (Å²) in [6, 6.07) is 13.1. The van der Waals surface area contributed by atoms with Gasteiger partial charge in [0.05, 0.1) is 12.5 Å². The fraction of sp³-hybridized carbons (Fsp3) is 0.312. The molecule has 110 valence electrons. The van der Waals surface area contributed by atoms with E-state index in [0.717, 1.165) is 18.1 Å². The number of likely N-dealkylation sites (tertiary alicyclic amines) is 1. The van der Waals surface area contributed by atoms with E-state index in [1.165, 1.54) is 0 Å². The highest BCUT2D eigenvalue weighted by Gasteiger charge is 2.28. The first-order valence-corrected chi connectivity index (χ1v) is 6.97. The maximum absolute atomic E-state index is 10.9. The van der Waals surface area contributed by atoms with E-state index in [-0.39, 0.29) is 5.92 Å². The van der Waals surface area contributed by atoms with Crippen molar-refractivity contribution in [3.8, 4) is 11.7 Å². The average Bonchev–Trinajstić information content (AvgIpc) is 3.10. The lowest BCUT2D eigenvalue weighted by molar-refractivity contribution is -0.141. The third kappa shape index (κ3) is 3.44. The molecule has 2 aromatic rings. The van der Waals surface area contributed by atoms with E-state index in [9.17, 15) is 4.79 Å². The van der Waals surface area contributed by atoms with Crippen LogP contribution in [0.4, 0.5) is 0 Å². The van der Waals surface area contributed by atoms with Crippen LogP contribution in [0, 0.1) is 5.92 Å². The molecule has 0 spiro atoms. The highest BCUT2D eigenvalue weighted by Crippen LogP contribution is 2.25. The minimum atomic E-state index is -0.718. The maximum atomic E-state index is 10.9. The number of ether oxygens (including phenoxy) is 1. The normalized spacial score (nSPS) is 18.8. The number of furan rings is 1. The molecule has 1 aliphatic rings. The van der Waals surface area contributed by atoms with Crippen LogP contribution in [0.3, 0.4) is 0 Å². The summed E-state index contributed by atoms with van der Waals surface area (Å²) >= 11 is 0. The van der Waals surface area contributed by atoms with Gasteiger partial charge in [0.25, 0.3) is 5.95 Å². The molecule has 0 amide bonds. The molecule has 0 saturated carbocycles. The molecule has 5 heteroatoms. The monoisotopic (exact) mass is 287 g/mol. The highest BCUT2D eigenvalue weighted by molar-refractivity contribution is 5.70. The molecule has 3 rings (SSSR count). The number of carboxylic acid groups (broad SMARTS) is 1. The second-order valence-corrected chi connectivity index (χ2v) is 5.19. The zero-order chi connectivity index (χ0) is 14.7. The summed E-state index contributed by atoms with van der Waals surface area (Å²) in [5.74, 6) is 0.979. The second kappa shape index (κ2) is 6.01. The van der Waals surface area contributed by atoms with Crippen LogP contribution in [0.2, 0.25) is 0 Å². The van der Waals surface area contributed by atoms with Crippen molar-refractivity contribution in [1.29, 1.82) is 0 Å². The van der Waals surface area contributed by atoms with E-state index in [1.807, 2.05) is 36.4 Å². The van der Waals surface area contributed by atoms with E-state index in [1.54, 1.807) is 6.07 Å². The minimum absolute atomic E-state index is 0.264. The van der Waals surface area contributed by atoms with Crippen LogP contribution in [-0.2, 0) is 11.3 Å². The van der Waals surface area contributed by atoms with Crippen molar-refractivity contribution in [2.45, 2.75) is 13.0 Å². The molecule has 2 heterocycles. The molecule has 21 heavy (non-hydrogen) atoms. The molecule has 1 aliphatic heterocycles. The van der Waals surface area contributed by atoms with Gasteiger partial charge in [0.15, 0.2) is 0 Å². The number of benzene rings is 1. The quantitative estimate of drug-likeness (QED) is 0.916. The van der Waals surface area contributed by atoms with E-state index < -0.39 is 5.97 Å². The van der Waals surface area contributed by atoms with Crippen LogP contribution in [0.5, 0.6) is 11.7 Å². The summed E-state index contributed by atoms with van der Waals surface area (Å²) in [4.78, 5) is 13.0. The Hall–Kier alpha value is -2.27. The molecule has 1 atom stereocenters. The summed E-state index contributed by atoms with van der Waals surface area (Å²) < 4.78 is 11.2. The molecule has 5 nitrogen and oxygen atoms in total. The molecule has 1 fully saturated rings. The number of rotatable bonds is 5. The first-order valence-electron chi connectivity index (χ1n) is 6.97. The predicted molar refractivity (Wildman–Crippen MR) is 76.2 cm³/mol. The molecule has 1 saturated heterocycles. The zero-order valence-electron chi connectivity index (χ0n) is 11.6. The number of carboxylic acids is 1. The van der Waals surface area contributed by atoms with E-state index in [2.05, 4.69) is 4.90 Å². The lowest BCUT2D eigenvalue weighted by Crippen LogP contribution is -2.22. The van der Waals surface area contributed by atoms with Gasteiger partial charge in [0.1, 0.15) is 11.5 Å². The minimum Gasteiger partial charge on any atom is -0.481 e. The van der Waals surface area contributed by atoms with Crippen LogP contribution in [0.25, 0.3) is 0 Å². The number of hydrogen-bond acceptors (Lipinski definition) is 4. The Labute approximate surface area is 122 Å². The van der Waals surface area contributed by atoms with E-state index in [4.69, 9.17) is 14.3 Å². The third-order valence-electron chi connectivity index (χ3n) is 3.60. The highest BCUT2D eigenvalue weighted by atomic mass is 16.6. The zero-order valence-corrected chi connectivity index (χ0v) is 11.6. The fourth-order valence-electron chi connectivity index (χ4n) is 2.50. The van der Waals surface area contributed by atoms with Crippen molar-refractivity contribution in [3.63, 3.8) is 0 Å². The number of aliphatic carboxylic acids is 1. The summed E-state index contributed by atoms with van der Waals surface area (Å²) in [5.41, 5.74) is 0. The largest absolute Gasteiger partial charge is 0.481 e. The Morgan fingerprint density at radius 3 is 2.81 bits per heavy atom. The molecule has 1 aromatic carbocycles. The Balaban J connectivity index is 1.57. The average molecular weight is 287 g/mol. The first kappa shape index (κ1) is 13.7. The van der Waals surface area contributed by atoms with Gasteiger partial charge in [-0.1, -0.05) is 18.2 Å². The Morgan fingerprint density at radius 2 is 2.10 bits per heavy atom. The van der Waals surface area contributed by atoms with Crippen molar-refractivity contribution >= 4 is 5.97 Å². The molecule has 0 aliphatic carbocycles. The lowest BCUT2D eigenvalue weighted by Gasteiger charge is -2.12. The second-order valence-electron chi connectivity index (χ2n) is 5.19. The maximum Gasteiger partial charge on any atom is 0.307 e. The van der Waals surface area contributed by atoms with Crippen molar-refractivity contribution in [2.75, 3.05) is 13.1 Å². The van der Waals surface area contributed by atoms with E-state index >= 15 is 0 Å². The fourth-order valence-corrected chi connectivity index (χ4v) is 2.50. The van der Waals surface area contributed by atoms with Gasteiger partial charge < -0.3 is 14.3 Å². The van der Waals surface area contributed by atoms with Gasteiger partial charge in [0, 0.05) is 12.6 Å². The summed E-state index contributed by atoms with van der Waals surface area (Å²) in [5, 5.41) is 9.00. The van der Waals surface area contributed by atoms with Gasteiger partial charge in [-0.3, -0.25) is 9.69 Å². The van der Waals surface area contributed by atoms with Crippen LogP contribution < -0.4 is 4.74 Å². The van der Waals surface area contributed by atoms with Crippen molar-refractivity contribution in [1.82, 2.24) is 4.90 Å². The Kier molecular flexibility index (Phi) is 3.92. The first-order chi connectivity index (χ1) is 10.2. The number of nitrogens with zero attached hydrogens (tertiary/aromatic N) is 1. The molecule has 1 unspecified atom stereocenters. The van der Waals surface area contributed by atoms with Crippen molar-refractivity contribution in [2.24, 2.45) is 5.92 Å². The molecule has 1 aromatic heterocycles. The van der Waals surface area contributed by atoms with Crippen LogP contribution in [0.1, 0.15) is 12.2 Å². The predicted octanol–water partition coefficient (Wildman–Crippen LogP) is 2.98. The Morgan fingerprint density at radius 1 is 1.29 bits per heavy atom. The standard InChI is InChI=1S/C16H17NO4/c18-16(19)12-8-9-17(10-12)11-14-6-7-15(21-14)20-13-4-2-1-3-5-13/h1-7,12H,8-11H2,(H,18,19). The lowest BCUT2D eigenvalue weighted by atomic mass is 10.1. The number of carbonyl (C=O) groups is 1. The van der Waals surface area contributed by atoms with E-state index in [0.29, 0.717) is 25.5 Å². The summed E-state index contributed by atoms with van der Waals surface area (Å²) in [7, 11) is 0. The van der Waals surface area contributed by atoms with Gasteiger partial charge in [-0.2, -0.15) is 0 Å². The van der Waals surface area contributed by atoms with Gasteiger partial charge in [-0.05, 0) is 31.2 Å². The summed E-state index contributed by atoms with van der Waals surface area (Å²) in [6.07, 6.45) is 0.698. The van der Waals surface area contributed by atoms with Crippen molar-refractivity contribution in [3.05, 3.63) is 48.2 Å². The smallest absolute Gasteiger partial charge is 0.307 e. The van der Waals surface area contributed by atoms with Gasteiger partial charge >= 0.3 is 5.97 Å². The SMILES string of the molecule is O=C(O)C1CCN(Cc2ccc(Oc3ccccc3)o2)C1. The molecule has 1 N–H and O–H groups in total. The third-order valence-corrected chi connectivity index (χ3v) is 3.60. The molecule has 0 bridgehead atoms. The molecule has 0 radical (unpaired) electrons. The van der Waals surface area contributed by atoms with Gasteiger partial charge in [0.2, 0.25) is 0 Å². The van der Waals surface area contributed by atoms with Crippen molar-refractivity contribution < 1.29 is 19.1 Å². The number of hydrogen-bond donors (Lipinski definition) is 1.